The van der Waals surface area contributed by atoms with E-state index in [1.165, 1.54) is 44.5 Å². The monoisotopic (exact) mass is 421 g/mol. The summed E-state index contributed by atoms with van der Waals surface area (Å²) in [6.45, 7) is 4.12. The van der Waals surface area contributed by atoms with Crippen molar-refractivity contribution in [2.24, 2.45) is 0 Å². The molecule has 1 N–H and O–H groups in total. The maximum Gasteiger partial charge on any atom is 0.255 e. The summed E-state index contributed by atoms with van der Waals surface area (Å²) in [6.07, 6.45) is 8.63. The smallest absolute Gasteiger partial charge is 0.255 e. The molecule has 2 heterocycles. The van der Waals surface area contributed by atoms with Crippen LogP contribution in [0.4, 0.5) is 10.1 Å². The van der Waals surface area contributed by atoms with Crippen LogP contribution in [0.1, 0.15) is 36.0 Å². The van der Waals surface area contributed by atoms with Crippen LogP contribution in [0.25, 0.3) is 5.69 Å². The van der Waals surface area contributed by atoms with Crippen molar-refractivity contribution in [2.75, 3.05) is 31.6 Å². The van der Waals surface area contributed by atoms with Gasteiger partial charge in [0.05, 0.1) is 18.0 Å². The highest BCUT2D eigenvalue weighted by atomic mass is 19.1. The molecule has 6 heteroatoms. The summed E-state index contributed by atoms with van der Waals surface area (Å²) in [6, 6.07) is 15.2. The second kappa shape index (κ2) is 10.3. The molecule has 0 radical (unpaired) electrons. The van der Waals surface area contributed by atoms with E-state index in [1.807, 2.05) is 29.1 Å². The number of carbonyl (C=O) groups is 1. The van der Waals surface area contributed by atoms with Crippen LogP contribution in [0, 0.1) is 5.82 Å². The van der Waals surface area contributed by atoms with Gasteiger partial charge in [-0.25, -0.2) is 4.39 Å². The number of nitrogens with one attached hydrogen (secondary N) is 1. The highest BCUT2D eigenvalue weighted by Gasteiger charge is 2.12. The van der Waals surface area contributed by atoms with Gasteiger partial charge in [0.2, 0.25) is 0 Å². The molecule has 5 nitrogen and oxygen atoms in total. The molecule has 0 spiro atoms. The van der Waals surface area contributed by atoms with E-state index in [-0.39, 0.29) is 5.91 Å². The van der Waals surface area contributed by atoms with E-state index in [2.05, 4.69) is 10.2 Å². The third kappa shape index (κ3) is 5.73. The van der Waals surface area contributed by atoms with E-state index >= 15 is 0 Å². The third-order valence-corrected chi connectivity index (χ3v) is 5.54. The largest absolute Gasteiger partial charge is 0.494 e. The van der Waals surface area contributed by atoms with Crippen LogP contribution in [0.5, 0.6) is 5.75 Å². The molecule has 1 aromatic heterocycles. The van der Waals surface area contributed by atoms with Gasteiger partial charge in [0.1, 0.15) is 11.6 Å². The minimum absolute atomic E-state index is 0.296. The van der Waals surface area contributed by atoms with Gasteiger partial charge in [-0.3, -0.25) is 4.79 Å². The SMILES string of the molecule is O=C(Nc1cc(F)ccc1-n1cccc1)c1ccc(OCCCN2CCCCC2)cc1. The molecule has 0 aliphatic carbocycles. The number of aromatic nitrogens is 1. The Kier molecular flexibility index (Phi) is 6.99. The molecular weight excluding hydrogens is 393 g/mol. The zero-order chi connectivity index (χ0) is 21.5. The van der Waals surface area contributed by atoms with E-state index < -0.39 is 5.82 Å². The first-order valence-electron chi connectivity index (χ1n) is 10.9. The van der Waals surface area contributed by atoms with E-state index in [1.54, 1.807) is 30.3 Å². The van der Waals surface area contributed by atoms with Gasteiger partial charge < -0.3 is 19.5 Å². The van der Waals surface area contributed by atoms with Gasteiger partial charge in [-0.15, -0.1) is 0 Å². The molecule has 0 bridgehead atoms. The number of ether oxygens (including phenoxy) is 1. The first-order chi connectivity index (χ1) is 15.2. The summed E-state index contributed by atoms with van der Waals surface area (Å²) in [4.78, 5) is 15.2. The molecule has 2 aromatic carbocycles. The minimum atomic E-state index is -0.403. The van der Waals surface area contributed by atoms with Crippen LogP contribution in [-0.4, -0.2) is 41.6 Å². The third-order valence-electron chi connectivity index (χ3n) is 5.54. The number of carbonyl (C=O) groups excluding carboxylic acids is 1. The molecule has 1 fully saturated rings. The number of piperidine rings is 1. The number of nitrogens with zero attached hydrogens (tertiary/aromatic N) is 2. The van der Waals surface area contributed by atoms with Crippen molar-refractivity contribution in [3.8, 4) is 11.4 Å². The summed E-state index contributed by atoms with van der Waals surface area (Å²) in [5, 5.41) is 2.82. The lowest BCUT2D eigenvalue weighted by Crippen LogP contribution is -2.31. The van der Waals surface area contributed by atoms with Crippen molar-refractivity contribution in [2.45, 2.75) is 25.7 Å². The van der Waals surface area contributed by atoms with Gasteiger partial charge in [-0.05, 0) is 86.9 Å². The maximum atomic E-state index is 13.8. The van der Waals surface area contributed by atoms with E-state index in [9.17, 15) is 9.18 Å². The van der Waals surface area contributed by atoms with Crippen molar-refractivity contribution in [3.63, 3.8) is 0 Å². The first-order valence-corrected chi connectivity index (χ1v) is 10.9. The Morgan fingerprint density at radius 1 is 1.00 bits per heavy atom. The number of rotatable bonds is 8. The molecule has 1 aliphatic heterocycles. The van der Waals surface area contributed by atoms with Crippen LogP contribution in [0.2, 0.25) is 0 Å². The Morgan fingerprint density at radius 2 is 1.74 bits per heavy atom. The molecule has 162 valence electrons. The summed E-state index contributed by atoms with van der Waals surface area (Å²) >= 11 is 0. The zero-order valence-electron chi connectivity index (χ0n) is 17.6. The number of benzene rings is 2. The molecule has 0 atom stereocenters. The van der Waals surface area contributed by atoms with Crippen LogP contribution >= 0.6 is 0 Å². The predicted molar refractivity (Wildman–Crippen MR) is 121 cm³/mol. The van der Waals surface area contributed by atoms with Gasteiger partial charge in [-0.1, -0.05) is 6.42 Å². The molecular formula is C25H28FN3O2. The molecule has 0 saturated carbocycles. The highest BCUT2D eigenvalue weighted by molar-refractivity contribution is 6.05. The predicted octanol–water partition coefficient (Wildman–Crippen LogP) is 5.12. The number of amides is 1. The number of hydrogen-bond acceptors (Lipinski definition) is 3. The lowest BCUT2D eigenvalue weighted by molar-refractivity contribution is 0.102. The standard InChI is InChI=1S/C25H28FN3O2/c26-21-9-12-24(29-16-4-5-17-29)23(19-21)27-25(30)20-7-10-22(11-8-20)31-18-6-15-28-13-2-1-3-14-28/h4-5,7-12,16-17,19H,1-3,6,13-15,18H2,(H,27,30). The van der Waals surface area contributed by atoms with Crippen molar-refractivity contribution in [1.29, 1.82) is 0 Å². The molecule has 3 aromatic rings. The van der Waals surface area contributed by atoms with Crippen molar-refractivity contribution in [3.05, 3.63) is 78.4 Å². The number of anilines is 1. The van der Waals surface area contributed by atoms with Crippen molar-refractivity contribution >= 4 is 11.6 Å². The van der Waals surface area contributed by atoms with E-state index in [4.69, 9.17) is 4.74 Å². The van der Waals surface area contributed by atoms with Gasteiger partial charge in [0, 0.05) is 24.5 Å². The topological polar surface area (TPSA) is 46.5 Å². The first kappa shape index (κ1) is 21.1. The summed E-state index contributed by atoms with van der Waals surface area (Å²) in [5.74, 6) is 0.0455. The van der Waals surface area contributed by atoms with Gasteiger partial charge in [0.15, 0.2) is 0 Å². The quantitative estimate of drug-likeness (QED) is 0.513. The average molecular weight is 422 g/mol. The fourth-order valence-corrected chi connectivity index (χ4v) is 3.89. The van der Waals surface area contributed by atoms with Crippen LogP contribution in [0.3, 0.4) is 0 Å². The lowest BCUT2D eigenvalue weighted by atomic mass is 10.1. The average Bonchev–Trinajstić information content (AvgIpc) is 3.33. The molecule has 1 aliphatic rings. The molecule has 1 saturated heterocycles. The summed E-state index contributed by atoms with van der Waals surface area (Å²) in [5.41, 5.74) is 1.61. The van der Waals surface area contributed by atoms with Crippen molar-refractivity contribution in [1.82, 2.24) is 9.47 Å². The Hall–Kier alpha value is -3.12. The van der Waals surface area contributed by atoms with Gasteiger partial charge in [-0.2, -0.15) is 0 Å². The number of halogens is 1. The second-order valence-corrected chi connectivity index (χ2v) is 7.83. The fraction of sp³-hybridized carbons (Fsp3) is 0.320. The van der Waals surface area contributed by atoms with Gasteiger partial charge >= 0.3 is 0 Å². The normalized spacial score (nSPS) is 14.4. The molecule has 4 rings (SSSR count). The molecule has 1 amide bonds. The maximum absolute atomic E-state index is 13.8. The number of likely N-dealkylation sites (tertiary alicyclic amines) is 1. The summed E-state index contributed by atoms with van der Waals surface area (Å²) < 4.78 is 21.4. The highest BCUT2D eigenvalue weighted by Crippen LogP contribution is 2.23. The van der Waals surface area contributed by atoms with Crippen LogP contribution < -0.4 is 10.1 Å². The van der Waals surface area contributed by atoms with E-state index in [0.717, 1.165) is 18.7 Å². The van der Waals surface area contributed by atoms with Crippen LogP contribution in [0.15, 0.2) is 67.0 Å². The summed E-state index contributed by atoms with van der Waals surface area (Å²) in [7, 11) is 0. The zero-order valence-corrected chi connectivity index (χ0v) is 17.6. The Bertz CT molecular complexity index is 981. The van der Waals surface area contributed by atoms with E-state index in [0.29, 0.717) is 23.5 Å². The molecule has 0 unspecified atom stereocenters. The second-order valence-electron chi connectivity index (χ2n) is 7.83. The minimum Gasteiger partial charge on any atom is -0.494 e. The molecule has 31 heavy (non-hydrogen) atoms. The fourth-order valence-electron chi connectivity index (χ4n) is 3.89. The Morgan fingerprint density at radius 3 is 2.48 bits per heavy atom. The Labute approximate surface area is 182 Å². The lowest BCUT2D eigenvalue weighted by Gasteiger charge is -2.26. The van der Waals surface area contributed by atoms with Gasteiger partial charge in [0.25, 0.3) is 5.91 Å². The van der Waals surface area contributed by atoms with Crippen LogP contribution in [-0.2, 0) is 0 Å². The van der Waals surface area contributed by atoms with Crippen molar-refractivity contribution < 1.29 is 13.9 Å². The number of hydrogen-bond donors (Lipinski definition) is 1. The Balaban J connectivity index is 1.32.